The van der Waals surface area contributed by atoms with Gasteiger partial charge in [0.05, 0.1) is 27.3 Å². The Hall–Kier alpha value is -2.60. The van der Waals surface area contributed by atoms with Gasteiger partial charge in [0, 0.05) is 24.8 Å². The van der Waals surface area contributed by atoms with E-state index in [-0.39, 0.29) is 17.6 Å². The Morgan fingerprint density at radius 3 is 2.50 bits per heavy atom. The summed E-state index contributed by atoms with van der Waals surface area (Å²) in [6, 6.07) is 10.4. The molecule has 2 heterocycles. The Labute approximate surface area is 205 Å². The number of benzene rings is 1. The summed E-state index contributed by atoms with van der Waals surface area (Å²) in [6.45, 7) is 2.57. The van der Waals surface area contributed by atoms with Gasteiger partial charge in [0.25, 0.3) is 5.91 Å². The number of hydrogen-bond acceptors (Lipinski definition) is 3. The van der Waals surface area contributed by atoms with Crippen LogP contribution in [0.15, 0.2) is 41.3 Å². The minimum absolute atomic E-state index is 0.109. The first-order valence-electron chi connectivity index (χ1n) is 12.6. The molecule has 5 rings (SSSR count). The summed E-state index contributed by atoms with van der Waals surface area (Å²) in [5.74, 6) is 0.328. The number of imidazole rings is 1. The Bertz CT molecular complexity index is 1230. The molecule has 0 radical (unpaired) electrons. The van der Waals surface area contributed by atoms with E-state index in [2.05, 4.69) is 27.0 Å². The van der Waals surface area contributed by atoms with Crippen LogP contribution in [0.1, 0.15) is 79.9 Å². The Balaban J connectivity index is 1.26. The number of para-hydroxylation sites is 2. The van der Waals surface area contributed by atoms with Crippen LogP contribution in [0.4, 0.5) is 0 Å². The van der Waals surface area contributed by atoms with Gasteiger partial charge >= 0.3 is 5.69 Å². The second-order valence-corrected chi connectivity index (χ2v) is 10.5. The van der Waals surface area contributed by atoms with Crippen LogP contribution >= 0.6 is 11.6 Å². The summed E-state index contributed by atoms with van der Waals surface area (Å²) in [4.78, 5) is 30.5. The zero-order valence-corrected chi connectivity index (χ0v) is 20.6. The standard InChI is InChI=1S/C27H33ClN4O2/c1-18-23(15-20(28)16-29-18)26(33)30-21-13-11-19(12-14-21)17-31-24-9-5-6-10-25(24)32(27(31)34)22-7-3-2-4-8-22/h5-6,9-10,15-16,19,21-22H,2-4,7-8,11-14,17H2,1H3,(H,30,33)/t19-,21-. The normalized spacial score (nSPS) is 21.6. The summed E-state index contributed by atoms with van der Waals surface area (Å²) in [6.07, 6.45) is 11.3. The number of hydrogen-bond donors (Lipinski definition) is 1. The van der Waals surface area contributed by atoms with Gasteiger partial charge in [-0.3, -0.25) is 18.9 Å². The average molecular weight is 481 g/mol. The molecule has 2 aliphatic rings. The maximum atomic E-state index is 13.5. The SMILES string of the molecule is Cc1ncc(Cl)cc1C(=O)N[C@H]1CC[C@H](Cn2c(=O)n(C3CCCCC3)c3ccccc32)CC1. The van der Waals surface area contributed by atoms with Gasteiger partial charge in [0.1, 0.15) is 0 Å². The molecule has 7 heteroatoms. The van der Waals surface area contributed by atoms with Gasteiger partial charge < -0.3 is 5.32 Å². The average Bonchev–Trinajstić information content (AvgIpc) is 3.13. The molecule has 2 aromatic heterocycles. The smallest absolute Gasteiger partial charge is 0.329 e. The summed E-state index contributed by atoms with van der Waals surface area (Å²) < 4.78 is 4.08. The van der Waals surface area contributed by atoms with Gasteiger partial charge in [-0.05, 0) is 69.6 Å². The van der Waals surface area contributed by atoms with Crippen LogP contribution in [-0.2, 0) is 6.54 Å². The lowest BCUT2D eigenvalue weighted by molar-refractivity contribution is 0.0919. The van der Waals surface area contributed by atoms with Crippen molar-refractivity contribution in [2.75, 3.05) is 0 Å². The number of fused-ring (bicyclic) bond motifs is 1. The van der Waals surface area contributed by atoms with Gasteiger partial charge in [0.15, 0.2) is 0 Å². The predicted molar refractivity (Wildman–Crippen MR) is 136 cm³/mol. The maximum Gasteiger partial charge on any atom is 0.329 e. The van der Waals surface area contributed by atoms with Crippen molar-refractivity contribution in [2.45, 2.75) is 83.3 Å². The molecule has 1 aromatic carbocycles. The number of nitrogens with zero attached hydrogens (tertiary/aromatic N) is 3. The van der Waals surface area contributed by atoms with E-state index in [9.17, 15) is 9.59 Å². The number of nitrogens with one attached hydrogen (secondary N) is 1. The van der Waals surface area contributed by atoms with Gasteiger partial charge in [-0.15, -0.1) is 0 Å². The lowest BCUT2D eigenvalue weighted by Crippen LogP contribution is -2.39. The second-order valence-electron chi connectivity index (χ2n) is 10.0. The van der Waals surface area contributed by atoms with E-state index in [1.807, 2.05) is 23.6 Å². The van der Waals surface area contributed by atoms with Gasteiger partial charge in [-0.1, -0.05) is 43.0 Å². The molecule has 2 aliphatic carbocycles. The van der Waals surface area contributed by atoms with Crippen LogP contribution in [0.5, 0.6) is 0 Å². The van der Waals surface area contributed by atoms with E-state index in [0.29, 0.717) is 28.2 Å². The van der Waals surface area contributed by atoms with Crippen LogP contribution in [0, 0.1) is 12.8 Å². The lowest BCUT2D eigenvalue weighted by atomic mass is 9.85. The summed E-state index contributed by atoms with van der Waals surface area (Å²) in [5.41, 5.74) is 3.50. The molecule has 0 atom stereocenters. The number of carbonyl (C=O) groups excluding carboxylic acids is 1. The highest BCUT2D eigenvalue weighted by atomic mass is 35.5. The highest BCUT2D eigenvalue weighted by molar-refractivity contribution is 6.30. The number of amides is 1. The fraction of sp³-hybridized carbons (Fsp3) is 0.519. The summed E-state index contributed by atoms with van der Waals surface area (Å²) in [7, 11) is 0. The monoisotopic (exact) mass is 480 g/mol. The highest BCUT2D eigenvalue weighted by Gasteiger charge is 2.27. The quantitative estimate of drug-likeness (QED) is 0.512. The van der Waals surface area contributed by atoms with Crippen molar-refractivity contribution in [3.63, 3.8) is 0 Å². The van der Waals surface area contributed by atoms with Gasteiger partial charge in [0.2, 0.25) is 0 Å². The molecule has 34 heavy (non-hydrogen) atoms. The van der Waals surface area contributed by atoms with Crippen LogP contribution in [-0.4, -0.2) is 26.1 Å². The molecule has 1 amide bonds. The predicted octanol–water partition coefficient (Wildman–Crippen LogP) is 5.65. The Morgan fingerprint density at radius 2 is 1.76 bits per heavy atom. The van der Waals surface area contributed by atoms with Gasteiger partial charge in [-0.2, -0.15) is 0 Å². The molecular formula is C27H33ClN4O2. The fourth-order valence-corrected chi connectivity index (χ4v) is 6.01. The number of pyridine rings is 1. The van der Waals surface area contributed by atoms with Crippen molar-refractivity contribution in [3.05, 3.63) is 63.3 Å². The van der Waals surface area contributed by atoms with Crippen molar-refractivity contribution in [1.29, 1.82) is 0 Å². The van der Waals surface area contributed by atoms with Crippen LogP contribution < -0.4 is 11.0 Å². The third-order valence-corrected chi connectivity index (χ3v) is 7.94. The van der Waals surface area contributed by atoms with Crippen LogP contribution in [0.3, 0.4) is 0 Å². The van der Waals surface area contributed by atoms with Crippen molar-refractivity contribution >= 4 is 28.5 Å². The zero-order valence-electron chi connectivity index (χ0n) is 19.8. The summed E-state index contributed by atoms with van der Waals surface area (Å²) in [5, 5.41) is 3.64. The molecule has 0 unspecified atom stereocenters. The second kappa shape index (κ2) is 9.95. The Kier molecular flexibility index (Phi) is 6.77. The Morgan fingerprint density at radius 1 is 1.06 bits per heavy atom. The summed E-state index contributed by atoms with van der Waals surface area (Å²) >= 11 is 6.03. The molecule has 180 valence electrons. The molecule has 0 bridgehead atoms. The van der Waals surface area contributed by atoms with E-state index in [0.717, 1.165) is 56.1 Å². The minimum atomic E-state index is -0.109. The zero-order chi connectivity index (χ0) is 23.7. The number of rotatable bonds is 5. The van der Waals surface area contributed by atoms with E-state index in [1.165, 1.54) is 19.3 Å². The first kappa shape index (κ1) is 23.2. The maximum absolute atomic E-state index is 13.5. The molecular weight excluding hydrogens is 448 g/mol. The van der Waals surface area contributed by atoms with Crippen molar-refractivity contribution < 1.29 is 4.79 Å². The van der Waals surface area contributed by atoms with Crippen molar-refractivity contribution in [2.24, 2.45) is 5.92 Å². The molecule has 3 aromatic rings. The van der Waals surface area contributed by atoms with E-state index in [1.54, 1.807) is 12.3 Å². The van der Waals surface area contributed by atoms with Crippen molar-refractivity contribution in [3.8, 4) is 0 Å². The van der Waals surface area contributed by atoms with Crippen LogP contribution in [0.25, 0.3) is 11.0 Å². The lowest BCUT2D eigenvalue weighted by Gasteiger charge is -2.29. The number of carbonyl (C=O) groups is 1. The molecule has 2 fully saturated rings. The van der Waals surface area contributed by atoms with Gasteiger partial charge in [-0.25, -0.2) is 4.79 Å². The van der Waals surface area contributed by atoms with E-state index in [4.69, 9.17) is 11.6 Å². The first-order valence-corrected chi connectivity index (χ1v) is 13.0. The molecule has 0 spiro atoms. The molecule has 1 N–H and O–H groups in total. The number of aryl methyl sites for hydroxylation is 1. The minimum Gasteiger partial charge on any atom is -0.349 e. The molecule has 0 saturated heterocycles. The topological polar surface area (TPSA) is 68.9 Å². The molecule has 6 nitrogen and oxygen atoms in total. The third kappa shape index (κ3) is 4.65. The van der Waals surface area contributed by atoms with Crippen molar-refractivity contribution in [1.82, 2.24) is 19.4 Å². The first-order chi connectivity index (χ1) is 16.5. The fourth-order valence-electron chi connectivity index (χ4n) is 5.85. The largest absolute Gasteiger partial charge is 0.349 e. The number of halogens is 1. The van der Waals surface area contributed by atoms with E-state index < -0.39 is 0 Å². The molecule has 0 aliphatic heterocycles. The number of aromatic nitrogens is 3. The highest BCUT2D eigenvalue weighted by Crippen LogP contribution is 2.31. The molecule has 2 saturated carbocycles. The van der Waals surface area contributed by atoms with E-state index >= 15 is 0 Å². The third-order valence-electron chi connectivity index (χ3n) is 7.73. The van der Waals surface area contributed by atoms with Crippen LogP contribution in [0.2, 0.25) is 5.02 Å².